The Balaban J connectivity index is 0.000000157. The van der Waals surface area contributed by atoms with Crippen LogP contribution < -0.4 is 32.0 Å². The molecule has 0 saturated carbocycles. The van der Waals surface area contributed by atoms with Crippen molar-refractivity contribution in [2.24, 2.45) is 25.6 Å². The van der Waals surface area contributed by atoms with Gasteiger partial charge in [-0.2, -0.15) is 10.2 Å². The van der Waals surface area contributed by atoms with Crippen molar-refractivity contribution in [3.8, 4) is 34.3 Å². The molecule has 0 spiro atoms. The molecule has 282 valence electrons. The molecular weight excluding hydrogens is 704 g/mol. The van der Waals surface area contributed by atoms with Crippen LogP contribution in [0.4, 0.5) is 11.9 Å². The fraction of sp³-hybridized carbons (Fsp3) is 0.237. The number of fused-ring (bicyclic) bond motifs is 6. The van der Waals surface area contributed by atoms with Crippen LogP contribution in [0.15, 0.2) is 60.9 Å². The van der Waals surface area contributed by atoms with Gasteiger partial charge in [0.15, 0.2) is 11.4 Å². The number of rotatable bonds is 8. The zero-order valence-corrected chi connectivity index (χ0v) is 30.7. The number of aldehydes is 1. The van der Waals surface area contributed by atoms with Crippen LogP contribution in [0.25, 0.3) is 22.8 Å². The van der Waals surface area contributed by atoms with Crippen LogP contribution in [0.2, 0.25) is 0 Å². The number of nitrogen functional groups attached to an aromatic ring is 1. The summed E-state index contributed by atoms with van der Waals surface area (Å²) in [5, 5.41) is 11.7. The van der Waals surface area contributed by atoms with Crippen molar-refractivity contribution in [2.45, 2.75) is 32.2 Å². The largest absolute Gasteiger partial charge is 0.497 e. The number of nitrogens with one attached hydrogen (secondary N) is 1. The second-order valence-corrected chi connectivity index (χ2v) is 12.6. The highest BCUT2D eigenvalue weighted by molar-refractivity contribution is 5.95. The molecule has 2 amide bonds. The van der Waals surface area contributed by atoms with Gasteiger partial charge in [0, 0.05) is 49.7 Å². The molecule has 0 atom stereocenters. The van der Waals surface area contributed by atoms with Gasteiger partial charge in [0.1, 0.15) is 17.8 Å². The summed E-state index contributed by atoms with van der Waals surface area (Å²) in [6.07, 6.45) is 7.29. The fourth-order valence-electron chi connectivity index (χ4n) is 6.41. The summed E-state index contributed by atoms with van der Waals surface area (Å²) >= 11 is 0. The molecule has 17 nitrogen and oxygen atoms in total. The van der Waals surface area contributed by atoms with Crippen molar-refractivity contribution in [3.05, 3.63) is 106 Å². The standard InChI is InChI=1S/C19H20N6O2.C11H12N6O.C8H8O2/c1-25-17-14(16(24-25)18(20)26)8-5-12-10-22-19(23-15(12)17)21-9-11-3-6-13(27-2)7-4-11;1-17-9-6(8(16-17)10(12)18)3-2-5-4-14-11(13)15-7(5)9;1-10-8-4-2-7(6-9)3-5-8/h3-4,6-7,10H,5,8-9H2,1-2H3,(H2,20,26)(H,21,22,23);4H,2-3H2,1H3,(H2,12,18)(H2,13,14,15);2-6H,1H3. The van der Waals surface area contributed by atoms with Gasteiger partial charge in [0.25, 0.3) is 11.8 Å². The SMILES string of the molecule is COc1ccc(C=O)cc1.COc1ccc(CNc2ncc3c(n2)-c2c(c(C(N)=O)nn2C)CC3)cc1.Cn1nc(C(N)=O)c2c1-c1nc(N)ncc1CC2. The molecule has 7 N–H and O–H groups in total. The van der Waals surface area contributed by atoms with Gasteiger partial charge >= 0.3 is 0 Å². The van der Waals surface area contributed by atoms with Crippen LogP contribution in [0.1, 0.15) is 59.2 Å². The maximum atomic E-state index is 11.7. The molecule has 0 aliphatic heterocycles. The monoisotopic (exact) mass is 744 g/mol. The Morgan fingerprint density at radius 2 is 1.24 bits per heavy atom. The molecule has 0 unspecified atom stereocenters. The average Bonchev–Trinajstić information content (AvgIpc) is 3.74. The van der Waals surface area contributed by atoms with Gasteiger partial charge < -0.3 is 32.0 Å². The number of amides is 2. The van der Waals surface area contributed by atoms with Gasteiger partial charge in [-0.15, -0.1) is 0 Å². The van der Waals surface area contributed by atoms with Crippen LogP contribution in [0.5, 0.6) is 11.5 Å². The quantitative estimate of drug-likeness (QED) is 0.164. The minimum Gasteiger partial charge on any atom is -0.497 e. The number of methoxy groups -OCH3 is 2. The number of benzene rings is 2. The number of hydrogen-bond donors (Lipinski definition) is 4. The van der Waals surface area contributed by atoms with E-state index in [0.29, 0.717) is 42.3 Å². The minimum absolute atomic E-state index is 0.212. The van der Waals surface area contributed by atoms with E-state index >= 15 is 0 Å². The van der Waals surface area contributed by atoms with Crippen LogP contribution in [-0.4, -0.2) is 71.8 Å². The van der Waals surface area contributed by atoms with Crippen molar-refractivity contribution in [2.75, 3.05) is 25.3 Å². The first-order chi connectivity index (χ1) is 26.5. The third-order valence-corrected chi connectivity index (χ3v) is 9.10. The molecule has 2 aliphatic carbocycles. The van der Waals surface area contributed by atoms with Gasteiger partial charge in [0.2, 0.25) is 11.9 Å². The molecule has 2 aromatic carbocycles. The maximum Gasteiger partial charge on any atom is 0.269 e. The number of carbonyl (C=O) groups excluding carboxylic acids is 3. The molecule has 0 bridgehead atoms. The lowest BCUT2D eigenvalue weighted by Gasteiger charge is -2.17. The molecule has 8 rings (SSSR count). The summed E-state index contributed by atoms with van der Waals surface area (Å²) in [5.74, 6) is 1.30. The van der Waals surface area contributed by atoms with E-state index in [1.165, 1.54) is 0 Å². The van der Waals surface area contributed by atoms with Crippen molar-refractivity contribution in [3.63, 3.8) is 0 Å². The highest BCUT2D eigenvalue weighted by Gasteiger charge is 2.29. The van der Waals surface area contributed by atoms with Gasteiger partial charge in [-0.3, -0.25) is 23.7 Å². The number of hydrogen-bond acceptors (Lipinski definition) is 13. The number of anilines is 2. The van der Waals surface area contributed by atoms with Crippen LogP contribution >= 0.6 is 0 Å². The predicted molar refractivity (Wildman–Crippen MR) is 203 cm³/mol. The van der Waals surface area contributed by atoms with E-state index in [0.717, 1.165) is 81.2 Å². The number of ether oxygens (including phenoxy) is 2. The molecule has 6 aromatic rings. The third kappa shape index (κ3) is 8.09. The van der Waals surface area contributed by atoms with E-state index in [1.807, 2.05) is 30.5 Å². The van der Waals surface area contributed by atoms with E-state index in [9.17, 15) is 14.4 Å². The van der Waals surface area contributed by atoms with Crippen LogP contribution in [0, 0.1) is 0 Å². The van der Waals surface area contributed by atoms with E-state index in [4.69, 9.17) is 26.7 Å². The number of aromatic nitrogens is 8. The van der Waals surface area contributed by atoms with E-state index in [1.54, 1.807) is 68.1 Å². The number of carbonyl (C=O) groups is 3. The molecule has 0 fully saturated rings. The summed E-state index contributed by atoms with van der Waals surface area (Å²) in [4.78, 5) is 50.5. The Labute approximate surface area is 315 Å². The van der Waals surface area contributed by atoms with Gasteiger partial charge in [-0.1, -0.05) is 12.1 Å². The van der Waals surface area contributed by atoms with Gasteiger partial charge in [-0.05, 0) is 78.8 Å². The van der Waals surface area contributed by atoms with Crippen LogP contribution in [-0.2, 0) is 46.3 Å². The normalized spacial score (nSPS) is 11.9. The van der Waals surface area contributed by atoms with Crippen molar-refractivity contribution < 1.29 is 23.9 Å². The minimum atomic E-state index is -0.516. The highest BCUT2D eigenvalue weighted by Crippen LogP contribution is 2.35. The molecule has 2 aliphatic rings. The Bertz CT molecular complexity index is 2370. The predicted octanol–water partition coefficient (Wildman–Crippen LogP) is 2.86. The lowest BCUT2D eigenvalue weighted by Crippen LogP contribution is -2.16. The fourth-order valence-corrected chi connectivity index (χ4v) is 6.41. The first-order valence-corrected chi connectivity index (χ1v) is 17.2. The number of nitrogens with two attached hydrogens (primary N) is 3. The van der Waals surface area contributed by atoms with Crippen molar-refractivity contribution in [1.82, 2.24) is 39.5 Å². The second kappa shape index (κ2) is 16.2. The van der Waals surface area contributed by atoms with Gasteiger partial charge in [-0.25, -0.2) is 19.9 Å². The molecular formula is C38H40N12O5. The zero-order chi connectivity index (χ0) is 39.2. The summed E-state index contributed by atoms with van der Waals surface area (Å²) in [6, 6.07) is 14.7. The second-order valence-electron chi connectivity index (χ2n) is 12.6. The lowest BCUT2D eigenvalue weighted by atomic mass is 9.93. The molecule has 0 saturated heterocycles. The molecule has 4 aromatic heterocycles. The first kappa shape index (κ1) is 37.6. The smallest absolute Gasteiger partial charge is 0.269 e. The molecule has 0 radical (unpaired) electrons. The topological polar surface area (TPSA) is 247 Å². The number of nitrogens with zero attached hydrogens (tertiary/aromatic N) is 8. The van der Waals surface area contributed by atoms with Crippen molar-refractivity contribution in [1.29, 1.82) is 0 Å². The summed E-state index contributed by atoms with van der Waals surface area (Å²) in [7, 11) is 6.80. The summed E-state index contributed by atoms with van der Waals surface area (Å²) < 4.78 is 13.4. The van der Waals surface area contributed by atoms with Gasteiger partial charge in [0.05, 0.1) is 37.0 Å². The molecule has 17 heteroatoms. The maximum absolute atomic E-state index is 11.7. The van der Waals surface area contributed by atoms with E-state index < -0.39 is 11.8 Å². The zero-order valence-electron chi connectivity index (χ0n) is 30.7. The number of primary amides is 2. The summed E-state index contributed by atoms with van der Waals surface area (Å²) in [5.41, 5.74) is 25.7. The highest BCUT2D eigenvalue weighted by atomic mass is 16.5. The summed E-state index contributed by atoms with van der Waals surface area (Å²) in [6.45, 7) is 0.591. The van der Waals surface area contributed by atoms with Crippen molar-refractivity contribution >= 4 is 30.0 Å². The third-order valence-electron chi connectivity index (χ3n) is 9.10. The van der Waals surface area contributed by atoms with Crippen LogP contribution in [0.3, 0.4) is 0 Å². The Morgan fingerprint density at radius 3 is 1.73 bits per heavy atom. The molecule has 4 heterocycles. The average molecular weight is 745 g/mol. The Hall–Kier alpha value is -7.17. The first-order valence-electron chi connectivity index (χ1n) is 17.2. The Morgan fingerprint density at radius 1 is 0.745 bits per heavy atom. The number of aryl methyl sites for hydroxylation is 4. The Kier molecular flexibility index (Phi) is 11.1. The molecule has 55 heavy (non-hydrogen) atoms. The lowest BCUT2D eigenvalue weighted by molar-refractivity contribution is 0.0985. The van der Waals surface area contributed by atoms with E-state index in [2.05, 4.69) is 35.5 Å². The van der Waals surface area contributed by atoms with E-state index in [-0.39, 0.29) is 5.95 Å².